The molecular formula is C4H15Cl2N3Pt. The first kappa shape index (κ1) is 9.24. The molecule has 3 nitrogen and oxygen atoms in total. The van der Waals surface area contributed by atoms with Gasteiger partial charge in [-0.2, -0.15) is 0 Å². The maximum atomic E-state index is 6.27. The van der Waals surface area contributed by atoms with Crippen LogP contribution in [0.5, 0.6) is 0 Å². The summed E-state index contributed by atoms with van der Waals surface area (Å²) >= 11 is 0. The summed E-state index contributed by atoms with van der Waals surface area (Å²) in [5.74, 6) is 0. The van der Waals surface area contributed by atoms with E-state index in [9.17, 15) is 0 Å². The maximum absolute atomic E-state index is 6.27. The van der Waals surface area contributed by atoms with Gasteiger partial charge in [0.25, 0.3) is 0 Å². The monoisotopic (exact) mass is 370 g/mol. The van der Waals surface area contributed by atoms with Gasteiger partial charge in [-0.1, -0.05) is 0 Å². The molecule has 70 valence electrons. The van der Waals surface area contributed by atoms with Gasteiger partial charge in [-0.05, 0) is 0 Å². The molecule has 0 unspecified atom stereocenters. The summed E-state index contributed by atoms with van der Waals surface area (Å²) in [6.07, 6.45) is 0. The molecule has 2 aliphatic rings. The fourth-order valence-electron chi connectivity index (χ4n) is 0.669. The Balaban J connectivity index is 0.000000500. The van der Waals surface area contributed by atoms with Crippen LogP contribution in [-0.2, 0) is 10.8 Å². The van der Waals surface area contributed by atoms with Gasteiger partial charge in [-0.25, -0.2) is 0 Å². The van der Waals surface area contributed by atoms with Gasteiger partial charge in [0.05, 0.1) is 0 Å². The molecule has 0 aromatic heterocycles. The summed E-state index contributed by atoms with van der Waals surface area (Å²) in [4.78, 5) is 2.74. The van der Waals surface area contributed by atoms with Crippen LogP contribution in [0.4, 0.5) is 0 Å². The van der Waals surface area contributed by atoms with Gasteiger partial charge in [0.2, 0.25) is 0 Å². The summed E-state index contributed by atoms with van der Waals surface area (Å²) in [6, 6.07) is 0. The Bertz CT molecular complexity index is 235. The van der Waals surface area contributed by atoms with Gasteiger partial charge in [0.1, 0.15) is 0 Å². The van der Waals surface area contributed by atoms with E-state index in [1.807, 2.05) is 0 Å². The number of halogens is 2. The van der Waals surface area contributed by atoms with Crippen LogP contribution >= 0.6 is 21.8 Å². The predicted molar refractivity (Wildman–Crippen MR) is 44.9 cm³/mol. The van der Waals surface area contributed by atoms with Crippen LogP contribution in [0.3, 0.4) is 0 Å². The van der Waals surface area contributed by atoms with Gasteiger partial charge in [-0.15, -0.1) is 12.4 Å². The van der Waals surface area contributed by atoms with E-state index in [2.05, 4.69) is 0 Å². The first-order chi connectivity index (χ1) is 3.41. The van der Waals surface area contributed by atoms with Crippen molar-refractivity contribution in [3.8, 4) is 0 Å². The van der Waals surface area contributed by atoms with E-state index >= 15 is 0 Å². The SMILES string of the molecule is Cl.[NH2][Pt]12([NH2])([NH2])([Cl])([CH2][CH2]1)[CH2][CH2]2. The molecule has 0 aromatic carbocycles. The molecule has 2 fully saturated rings. The standard InChI is InChI=1S/2C2H4.2ClH.3H2N.Pt/c2*1-2;;;;;;/h2*1-2H2;2*1H;3*1H2;/q;;;;3*-1;+4/p-1. The summed E-state index contributed by atoms with van der Waals surface area (Å²) in [6.45, 7) is 0. The van der Waals surface area contributed by atoms with Gasteiger partial charge < -0.3 is 0 Å². The van der Waals surface area contributed by atoms with Crippen LogP contribution in [0.25, 0.3) is 0 Å². The van der Waals surface area contributed by atoms with E-state index in [1.165, 1.54) is 0 Å². The van der Waals surface area contributed by atoms with Gasteiger partial charge in [-0.3, -0.25) is 0 Å². The van der Waals surface area contributed by atoms with E-state index in [0.717, 1.165) is 0 Å². The van der Waals surface area contributed by atoms with Crippen LogP contribution in [0.2, 0.25) is 19.2 Å². The normalized spacial score (nSPS) is 62.0. The van der Waals surface area contributed by atoms with Crippen molar-refractivity contribution in [2.45, 2.75) is 19.2 Å². The molecule has 2 rings (SSSR count). The van der Waals surface area contributed by atoms with Crippen molar-refractivity contribution in [1.29, 1.82) is 0 Å². The second-order valence-electron chi connectivity index (χ2n) is 3.99. The Labute approximate surface area is 64.6 Å². The quantitative estimate of drug-likeness (QED) is 0.599. The second-order valence-corrected chi connectivity index (χ2v) is 41.6. The van der Waals surface area contributed by atoms with Crippen LogP contribution in [-0.4, -0.2) is 0 Å². The Morgan fingerprint density at radius 2 is 1.10 bits per heavy atom. The van der Waals surface area contributed by atoms with Crippen molar-refractivity contribution in [1.82, 2.24) is 0 Å². The van der Waals surface area contributed by atoms with Gasteiger partial charge in [0.15, 0.2) is 0 Å². The predicted octanol–water partition coefficient (Wildman–Crippen LogP) is 1.18. The zero-order valence-corrected chi connectivity index (χ0v) is 9.51. The summed E-state index contributed by atoms with van der Waals surface area (Å²) in [5.41, 5.74) is 0. The molecule has 0 aliphatic carbocycles. The minimum absolute atomic E-state index is 0. The molecule has 2 aliphatic heterocycles. The van der Waals surface area contributed by atoms with Gasteiger partial charge >= 0.3 is 52.3 Å². The van der Waals surface area contributed by atoms with Crippen LogP contribution in [0, 0.1) is 0 Å². The van der Waals surface area contributed by atoms with Crippen LogP contribution in [0.15, 0.2) is 0 Å². The molecule has 2 heterocycles. The summed E-state index contributed by atoms with van der Waals surface area (Å²) in [7, 11) is 1.53. The fraction of sp³-hybridized carbons (Fsp3) is 1.00. The second kappa shape index (κ2) is 0.773. The molecule has 0 bridgehead atoms. The fourth-order valence-corrected chi connectivity index (χ4v) is 31.3. The zero-order chi connectivity index (χ0) is 7.18. The topological polar surface area (TPSA) is 78.1 Å². The third-order valence-corrected chi connectivity index (χ3v) is 24.7. The Morgan fingerprint density at radius 3 is 1.10 bits per heavy atom. The number of hydrogen-bond donors (Lipinski definition) is 3. The van der Waals surface area contributed by atoms with E-state index in [4.69, 9.17) is 22.3 Å². The average molecular weight is 371 g/mol. The van der Waals surface area contributed by atoms with Crippen LogP contribution < -0.4 is 12.9 Å². The van der Waals surface area contributed by atoms with Crippen molar-refractivity contribution >= 4 is 21.8 Å². The van der Waals surface area contributed by atoms with E-state index in [-0.39, 0.29) is 12.4 Å². The Kier molecular flexibility index (Phi) is 0.714. The first-order valence-corrected chi connectivity index (χ1v) is 15.7. The molecule has 2 saturated heterocycles. The molecule has 6 heteroatoms. The number of rotatable bonds is 0. The molecule has 0 saturated carbocycles. The molecule has 0 atom stereocenters. The summed E-state index contributed by atoms with van der Waals surface area (Å²) < 4.78 is 18.1. The molecule has 10 heavy (non-hydrogen) atoms. The molecule has 6 N–H and O–H groups in total. The van der Waals surface area contributed by atoms with E-state index in [0.29, 0.717) is 19.2 Å². The number of nitrogens with two attached hydrogens (primary N) is 3. The Morgan fingerprint density at radius 1 is 0.900 bits per heavy atom. The summed E-state index contributed by atoms with van der Waals surface area (Å²) in [5, 5.41) is 0. The third kappa shape index (κ3) is 0.824. The van der Waals surface area contributed by atoms with Crippen molar-refractivity contribution in [2.24, 2.45) is 12.9 Å². The first-order valence-electron chi connectivity index (χ1n) is 2.56. The van der Waals surface area contributed by atoms with Crippen molar-refractivity contribution in [3.05, 3.63) is 0 Å². The third-order valence-electron chi connectivity index (χ3n) is 2.55. The molecule has 1 spiro atoms. The molecular weight excluding hydrogens is 356 g/mol. The zero-order valence-electron chi connectivity index (χ0n) is 5.66. The van der Waals surface area contributed by atoms with Crippen LogP contribution in [0.1, 0.15) is 0 Å². The van der Waals surface area contributed by atoms with E-state index in [1.54, 1.807) is 0 Å². The molecule has 0 radical (unpaired) electrons. The minimum atomic E-state index is -4.74. The van der Waals surface area contributed by atoms with Crippen molar-refractivity contribution in [2.75, 3.05) is 0 Å². The van der Waals surface area contributed by atoms with Crippen molar-refractivity contribution < 1.29 is 10.8 Å². The number of hydrogen-bond acceptors (Lipinski definition) is 3. The van der Waals surface area contributed by atoms with Crippen molar-refractivity contribution in [3.63, 3.8) is 0 Å². The average Bonchev–Trinajstić information content (AvgIpc) is 2.24. The molecule has 0 aromatic rings. The van der Waals surface area contributed by atoms with E-state index < -0.39 is 10.8 Å². The van der Waals surface area contributed by atoms with Gasteiger partial charge in [0, 0.05) is 0 Å². The molecule has 0 amide bonds. The Hall–Kier alpha value is 1.15.